The number of nitrogens with zero attached hydrogens (tertiary/aromatic N) is 1. The van der Waals surface area contributed by atoms with Crippen LogP contribution >= 0.6 is 11.6 Å². The van der Waals surface area contributed by atoms with Crippen LogP contribution in [0.3, 0.4) is 0 Å². The molecule has 1 saturated heterocycles. The average Bonchev–Trinajstić information content (AvgIpc) is 2.70. The molecule has 1 aromatic rings. The Morgan fingerprint density at radius 2 is 2.00 bits per heavy atom. The van der Waals surface area contributed by atoms with E-state index in [1.807, 2.05) is 0 Å². The van der Waals surface area contributed by atoms with E-state index >= 15 is 0 Å². The molecule has 2 aliphatic rings. The number of hydrogen-bond acceptors (Lipinski definition) is 4. The van der Waals surface area contributed by atoms with Crippen LogP contribution in [0.15, 0.2) is 16.5 Å². The molecule has 3 rings (SSSR count). The van der Waals surface area contributed by atoms with Gasteiger partial charge in [0.25, 0.3) is 5.91 Å². The van der Waals surface area contributed by atoms with Gasteiger partial charge in [0.1, 0.15) is 0 Å². The Balaban J connectivity index is 1.79. The van der Waals surface area contributed by atoms with Crippen molar-refractivity contribution in [2.75, 3.05) is 18.8 Å². The molecule has 0 radical (unpaired) electrons. The minimum absolute atomic E-state index is 0.0349. The molecule has 1 saturated carbocycles. The number of rotatable bonds is 1. The van der Waals surface area contributed by atoms with Gasteiger partial charge in [-0.3, -0.25) is 4.79 Å². The van der Waals surface area contributed by atoms with Gasteiger partial charge >= 0.3 is 0 Å². The Kier molecular flexibility index (Phi) is 3.33. The molecule has 0 bridgehead atoms. The summed E-state index contributed by atoms with van der Waals surface area (Å²) < 4.78 is 29.2. The Morgan fingerprint density at radius 1 is 1.25 bits per heavy atom. The number of furan rings is 1. The monoisotopic (exact) mass is 317 g/mol. The Labute approximate surface area is 122 Å². The average molecular weight is 318 g/mol. The molecule has 20 heavy (non-hydrogen) atoms. The molecular weight excluding hydrogens is 302 g/mol. The highest BCUT2D eigenvalue weighted by molar-refractivity contribution is 7.92. The summed E-state index contributed by atoms with van der Waals surface area (Å²) in [6.07, 6.45) is 2.93. The quantitative estimate of drug-likeness (QED) is 0.795. The van der Waals surface area contributed by atoms with Gasteiger partial charge in [0, 0.05) is 13.1 Å². The summed E-state index contributed by atoms with van der Waals surface area (Å²) in [5, 5.41) is 0.159. The van der Waals surface area contributed by atoms with Crippen LogP contribution in [0, 0.1) is 0 Å². The van der Waals surface area contributed by atoms with E-state index in [1.54, 1.807) is 4.90 Å². The second kappa shape index (κ2) is 4.77. The first-order chi connectivity index (χ1) is 9.44. The predicted octanol–water partition coefficient (Wildman–Crippen LogP) is 2.12. The smallest absolute Gasteiger partial charge is 0.289 e. The number of carbonyl (C=O) groups is 1. The van der Waals surface area contributed by atoms with Crippen molar-refractivity contribution in [1.82, 2.24) is 4.90 Å². The van der Waals surface area contributed by atoms with Gasteiger partial charge in [-0.2, -0.15) is 0 Å². The van der Waals surface area contributed by atoms with E-state index in [9.17, 15) is 13.2 Å². The summed E-state index contributed by atoms with van der Waals surface area (Å²) in [6.45, 7) is 0.678. The number of sulfone groups is 1. The first-order valence-corrected chi connectivity index (χ1v) is 8.74. The minimum atomic E-state index is -3.12. The summed E-state index contributed by atoms with van der Waals surface area (Å²) in [5.41, 5.74) is 0. The summed E-state index contributed by atoms with van der Waals surface area (Å²) in [6, 6.07) is 3.03. The highest BCUT2D eigenvalue weighted by Gasteiger charge is 2.50. The van der Waals surface area contributed by atoms with Crippen LogP contribution in [0.25, 0.3) is 0 Å². The first kappa shape index (κ1) is 13.9. The van der Waals surface area contributed by atoms with Crippen molar-refractivity contribution in [3.8, 4) is 0 Å². The van der Waals surface area contributed by atoms with E-state index in [4.69, 9.17) is 16.0 Å². The fourth-order valence-corrected chi connectivity index (χ4v) is 5.33. The molecule has 1 amide bonds. The maximum atomic E-state index is 12.3. The zero-order valence-electron chi connectivity index (χ0n) is 11.0. The van der Waals surface area contributed by atoms with Gasteiger partial charge in [0.05, 0.1) is 10.5 Å². The Hall–Kier alpha value is -1.01. The lowest BCUT2D eigenvalue weighted by Gasteiger charge is -2.39. The van der Waals surface area contributed by atoms with Crippen molar-refractivity contribution in [3.05, 3.63) is 23.1 Å². The standard InChI is InChI=1S/C13H16ClNO4S/c14-11-3-2-10(19-11)12(16)15-7-6-13(4-1-5-13)20(17,18)9-8-15/h2-3H,1,4-9H2. The van der Waals surface area contributed by atoms with Crippen LogP contribution in [-0.2, 0) is 9.84 Å². The van der Waals surface area contributed by atoms with Gasteiger partial charge in [-0.15, -0.1) is 0 Å². The fraction of sp³-hybridized carbons (Fsp3) is 0.615. The van der Waals surface area contributed by atoms with Crippen molar-refractivity contribution < 1.29 is 17.6 Å². The van der Waals surface area contributed by atoms with Crippen LogP contribution in [0.2, 0.25) is 5.22 Å². The highest BCUT2D eigenvalue weighted by Crippen LogP contribution is 2.44. The topological polar surface area (TPSA) is 67.6 Å². The zero-order valence-corrected chi connectivity index (χ0v) is 12.5. The molecule has 1 aliphatic heterocycles. The number of halogens is 1. The molecule has 5 nitrogen and oxygen atoms in total. The molecule has 2 fully saturated rings. The number of hydrogen-bond donors (Lipinski definition) is 0. The van der Waals surface area contributed by atoms with E-state index in [1.165, 1.54) is 12.1 Å². The summed E-state index contributed by atoms with van der Waals surface area (Å²) in [7, 11) is -3.12. The summed E-state index contributed by atoms with van der Waals surface area (Å²) in [5.74, 6) is -0.0897. The second-order valence-electron chi connectivity index (χ2n) is 5.50. The molecule has 110 valence electrons. The lowest BCUT2D eigenvalue weighted by Crippen LogP contribution is -2.46. The van der Waals surface area contributed by atoms with Gasteiger partial charge in [-0.05, 0) is 43.0 Å². The second-order valence-corrected chi connectivity index (χ2v) is 8.38. The van der Waals surface area contributed by atoms with Crippen LogP contribution in [0.4, 0.5) is 0 Å². The van der Waals surface area contributed by atoms with Crippen LogP contribution in [0.1, 0.15) is 36.2 Å². The van der Waals surface area contributed by atoms with E-state index in [-0.39, 0.29) is 29.2 Å². The maximum absolute atomic E-state index is 12.3. The lowest BCUT2D eigenvalue weighted by atomic mass is 9.81. The van der Waals surface area contributed by atoms with Gasteiger partial charge in [0.15, 0.2) is 20.8 Å². The van der Waals surface area contributed by atoms with E-state index in [0.717, 1.165) is 19.3 Å². The fourth-order valence-electron chi connectivity index (χ4n) is 2.97. The molecule has 2 heterocycles. The number of amides is 1. The normalized spacial score (nSPS) is 24.1. The van der Waals surface area contributed by atoms with E-state index in [2.05, 4.69) is 0 Å². The molecule has 1 aliphatic carbocycles. The van der Waals surface area contributed by atoms with Crippen molar-refractivity contribution in [3.63, 3.8) is 0 Å². The van der Waals surface area contributed by atoms with Gasteiger partial charge in [-0.1, -0.05) is 6.42 Å². The van der Waals surface area contributed by atoms with E-state index in [0.29, 0.717) is 13.0 Å². The third-order valence-electron chi connectivity index (χ3n) is 4.46. The Bertz CT molecular complexity index is 633. The predicted molar refractivity (Wildman–Crippen MR) is 74.6 cm³/mol. The molecule has 0 atom stereocenters. The van der Waals surface area contributed by atoms with Gasteiger partial charge < -0.3 is 9.32 Å². The molecule has 0 aromatic carbocycles. The van der Waals surface area contributed by atoms with Crippen LogP contribution in [0.5, 0.6) is 0 Å². The SMILES string of the molecule is O=C(c1ccc(Cl)o1)N1CCC2(CCC2)S(=O)(=O)CC1. The van der Waals surface area contributed by atoms with Crippen molar-refractivity contribution in [2.24, 2.45) is 0 Å². The molecule has 7 heteroatoms. The molecular formula is C13H16ClNO4S. The minimum Gasteiger partial charge on any atom is -0.440 e. The molecule has 0 unspecified atom stereocenters. The number of carbonyl (C=O) groups excluding carboxylic acids is 1. The molecule has 1 spiro atoms. The lowest BCUT2D eigenvalue weighted by molar-refractivity contribution is 0.0727. The van der Waals surface area contributed by atoms with Crippen molar-refractivity contribution >= 4 is 27.3 Å². The molecule has 1 aromatic heterocycles. The maximum Gasteiger partial charge on any atom is 0.289 e. The summed E-state index contributed by atoms with van der Waals surface area (Å²) >= 11 is 5.66. The summed E-state index contributed by atoms with van der Waals surface area (Å²) in [4.78, 5) is 13.8. The highest BCUT2D eigenvalue weighted by atomic mass is 35.5. The van der Waals surface area contributed by atoms with Crippen molar-refractivity contribution in [1.29, 1.82) is 0 Å². The van der Waals surface area contributed by atoms with Gasteiger partial charge in [-0.25, -0.2) is 8.42 Å². The van der Waals surface area contributed by atoms with E-state index < -0.39 is 14.6 Å². The van der Waals surface area contributed by atoms with Gasteiger partial charge in [0.2, 0.25) is 0 Å². The first-order valence-electron chi connectivity index (χ1n) is 6.70. The third-order valence-corrected chi connectivity index (χ3v) is 7.32. The zero-order chi connectivity index (χ0) is 14.4. The Morgan fingerprint density at radius 3 is 2.55 bits per heavy atom. The van der Waals surface area contributed by atoms with Crippen LogP contribution < -0.4 is 0 Å². The molecule has 0 N–H and O–H groups in total. The van der Waals surface area contributed by atoms with Crippen LogP contribution in [-0.4, -0.2) is 42.8 Å². The largest absolute Gasteiger partial charge is 0.440 e. The van der Waals surface area contributed by atoms with Crippen molar-refractivity contribution in [2.45, 2.75) is 30.4 Å². The third kappa shape index (κ3) is 2.15.